The van der Waals surface area contributed by atoms with Crippen LogP contribution in [0.2, 0.25) is 0 Å². The number of nitrogens with zero attached hydrogens (tertiary/aromatic N) is 3. The standard InChI is InChI=1S/C23H24N4O2S/c1-14-19(15(2)27(25-14)18-8-6-5-7-9-18)13-26(4)23(29)17-10-11-21-20(12-17)24-22(28)16(3)30-21/h5-12,16H,13H2,1-4H3,(H,24,28). The van der Waals surface area contributed by atoms with Crippen molar-refractivity contribution >= 4 is 29.3 Å². The van der Waals surface area contributed by atoms with E-state index in [0.717, 1.165) is 27.5 Å². The van der Waals surface area contributed by atoms with Crippen molar-refractivity contribution in [2.75, 3.05) is 12.4 Å². The number of benzene rings is 2. The number of aromatic nitrogens is 2. The number of para-hydroxylation sites is 1. The highest BCUT2D eigenvalue weighted by Gasteiger charge is 2.25. The van der Waals surface area contributed by atoms with Gasteiger partial charge < -0.3 is 10.2 Å². The molecule has 0 radical (unpaired) electrons. The maximum Gasteiger partial charge on any atom is 0.253 e. The third-order valence-corrected chi connectivity index (χ3v) is 6.52. The Morgan fingerprint density at radius 3 is 2.67 bits per heavy atom. The number of amides is 2. The van der Waals surface area contributed by atoms with E-state index in [1.807, 2.05) is 67.9 Å². The van der Waals surface area contributed by atoms with E-state index in [0.29, 0.717) is 17.8 Å². The fourth-order valence-corrected chi connectivity index (χ4v) is 4.53. The predicted molar refractivity (Wildman–Crippen MR) is 119 cm³/mol. The number of anilines is 1. The van der Waals surface area contributed by atoms with E-state index in [9.17, 15) is 9.59 Å². The Morgan fingerprint density at radius 1 is 1.20 bits per heavy atom. The van der Waals surface area contributed by atoms with Crippen LogP contribution in [-0.2, 0) is 11.3 Å². The van der Waals surface area contributed by atoms with Crippen LogP contribution in [0.3, 0.4) is 0 Å². The summed E-state index contributed by atoms with van der Waals surface area (Å²) in [4.78, 5) is 27.7. The van der Waals surface area contributed by atoms with Crippen molar-refractivity contribution in [3.8, 4) is 5.69 Å². The van der Waals surface area contributed by atoms with E-state index in [4.69, 9.17) is 0 Å². The van der Waals surface area contributed by atoms with Gasteiger partial charge in [-0.15, -0.1) is 11.8 Å². The Kier molecular flexibility index (Phi) is 5.39. The zero-order valence-electron chi connectivity index (χ0n) is 17.5. The number of hydrogen-bond donors (Lipinski definition) is 1. The van der Waals surface area contributed by atoms with Crippen molar-refractivity contribution in [2.24, 2.45) is 0 Å². The maximum atomic E-state index is 13.1. The van der Waals surface area contributed by atoms with Crippen LogP contribution < -0.4 is 5.32 Å². The SMILES string of the molecule is Cc1nn(-c2ccccc2)c(C)c1CN(C)C(=O)c1ccc2c(c1)NC(=O)C(C)S2. The molecule has 0 saturated carbocycles. The Morgan fingerprint density at radius 2 is 1.93 bits per heavy atom. The summed E-state index contributed by atoms with van der Waals surface area (Å²) >= 11 is 1.51. The third-order valence-electron chi connectivity index (χ3n) is 5.34. The molecule has 2 amide bonds. The Labute approximate surface area is 180 Å². The molecule has 6 nitrogen and oxygen atoms in total. The van der Waals surface area contributed by atoms with E-state index < -0.39 is 0 Å². The van der Waals surface area contributed by atoms with Crippen LogP contribution in [-0.4, -0.2) is 38.8 Å². The normalized spacial score (nSPS) is 15.5. The molecule has 2 heterocycles. The summed E-state index contributed by atoms with van der Waals surface area (Å²) < 4.78 is 1.91. The quantitative estimate of drug-likeness (QED) is 0.687. The van der Waals surface area contributed by atoms with Gasteiger partial charge in [-0.25, -0.2) is 4.68 Å². The van der Waals surface area contributed by atoms with Gasteiger partial charge >= 0.3 is 0 Å². The summed E-state index contributed by atoms with van der Waals surface area (Å²) in [6.45, 7) is 6.31. The van der Waals surface area contributed by atoms with Gasteiger partial charge in [-0.05, 0) is 51.1 Å². The molecule has 3 aromatic rings. The van der Waals surface area contributed by atoms with Gasteiger partial charge in [0.05, 0.1) is 22.3 Å². The summed E-state index contributed by atoms with van der Waals surface area (Å²) in [6, 6.07) is 15.4. The van der Waals surface area contributed by atoms with Crippen molar-refractivity contribution in [1.29, 1.82) is 0 Å². The lowest BCUT2D eigenvalue weighted by molar-refractivity contribution is -0.115. The molecular weight excluding hydrogens is 396 g/mol. The second-order valence-electron chi connectivity index (χ2n) is 7.52. The molecule has 1 aliphatic rings. The second-order valence-corrected chi connectivity index (χ2v) is 8.90. The van der Waals surface area contributed by atoms with Gasteiger partial charge in [-0.2, -0.15) is 5.10 Å². The van der Waals surface area contributed by atoms with E-state index in [-0.39, 0.29) is 17.1 Å². The first-order chi connectivity index (χ1) is 14.3. The van der Waals surface area contributed by atoms with Gasteiger partial charge in [0.15, 0.2) is 0 Å². The fourth-order valence-electron chi connectivity index (χ4n) is 3.60. The minimum atomic E-state index is -0.131. The minimum absolute atomic E-state index is 0.0370. The molecule has 1 aliphatic heterocycles. The van der Waals surface area contributed by atoms with Crippen molar-refractivity contribution in [1.82, 2.24) is 14.7 Å². The third kappa shape index (κ3) is 3.73. The predicted octanol–water partition coefficient (Wildman–Crippen LogP) is 4.19. The monoisotopic (exact) mass is 420 g/mol. The number of fused-ring (bicyclic) bond motifs is 1. The van der Waals surface area contributed by atoms with Crippen molar-refractivity contribution < 1.29 is 9.59 Å². The highest BCUT2D eigenvalue weighted by atomic mass is 32.2. The molecule has 7 heteroatoms. The van der Waals surface area contributed by atoms with Crippen LogP contribution in [0.15, 0.2) is 53.4 Å². The second kappa shape index (κ2) is 7.99. The Hall–Kier alpha value is -3.06. The fraction of sp³-hybridized carbons (Fsp3) is 0.261. The average Bonchev–Trinajstić information content (AvgIpc) is 3.02. The van der Waals surface area contributed by atoms with Gasteiger partial charge in [0, 0.05) is 35.3 Å². The number of nitrogens with one attached hydrogen (secondary N) is 1. The van der Waals surface area contributed by atoms with Crippen LogP contribution in [0.4, 0.5) is 5.69 Å². The number of hydrogen-bond acceptors (Lipinski definition) is 4. The molecule has 0 spiro atoms. The largest absolute Gasteiger partial charge is 0.337 e. The van der Waals surface area contributed by atoms with Crippen LogP contribution in [0, 0.1) is 13.8 Å². The van der Waals surface area contributed by atoms with Crippen LogP contribution >= 0.6 is 11.8 Å². The zero-order valence-corrected chi connectivity index (χ0v) is 18.3. The summed E-state index contributed by atoms with van der Waals surface area (Å²) in [6.07, 6.45) is 0. The van der Waals surface area contributed by atoms with Crippen LogP contribution in [0.1, 0.15) is 34.2 Å². The summed E-state index contributed by atoms with van der Waals surface area (Å²) in [7, 11) is 1.79. The number of carbonyl (C=O) groups is 2. The Balaban J connectivity index is 1.56. The number of aryl methyl sites for hydroxylation is 1. The molecule has 1 unspecified atom stereocenters. The molecule has 4 rings (SSSR count). The van der Waals surface area contributed by atoms with Gasteiger partial charge in [0.2, 0.25) is 5.91 Å². The van der Waals surface area contributed by atoms with Gasteiger partial charge in [0.1, 0.15) is 0 Å². The molecular formula is C23H24N4O2S. The minimum Gasteiger partial charge on any atom is -0.337 e. The van der Waals surface area contributed by atoms with Crippen molar-refractivity contribution in [2.45, 2.75) is 37.5 Å². The number of carbonyl (C=O) groups excluding carboxylic acids is 2. The maximum absolute atomic E-state index is 13.1. The van der Waals surface area contributed by atoms with E-state index in [1.165, 1.54) is 11.8 Å². The lowest BCUT2D eigenvalue weighted by Gasteiger charge is -2.23. The summed E-state index contributed by atoms with van der Waals surface area (Å²) in [5.41, 5.74) is 5.20. The van der Waals surface area contributed by atoms with Gasteiger partial charge in [-0.1, -0.05) is 18.2 Å². The number of thioether (sulfide) groups is 1. The highest BCUT2D eigenvalue weighted by Crippen LogP contribution is 2.36. The topological polar surface area (TPSA) is 67.2 Å². The molecule has 0 bridgehead atoms. The lowest BCUT2D eigenvalue weighted by atomic mass is 10.1. The molecule has 1 N–H and O–H groups in total. The summed E-state index contributed by atoms with van der Waals surface area (Å²) in [5, 5.41) is 7.43. The van der Waals surface area contributed by atoms with Gasteiger partial charge in [-0.3, -0.25) is 9.59 Å². The average molecular weight is 421 g/mol. The van der Waals surface area contributed by atoms with E-state index in [2.05, 4.69) is 10.4 Å². The summed E-state index contributed by atoms with van der Waals surface area (Å²) in [5.74, 6) is -0.132. The lowest BCUT2D eigenvalue weighted by Crippen LogP contribution is -2.28. The van der Waals surface area contributed by atoms with Crippen molar-refractivity contribution in [3.63, 3.8) is 0 Å². The highest BCUT2D eigenvalue weighted by molar-refractivity contribution is 8.00. The smallest absolute Gasteiger partial charge is 0.253 e. The molecule has 154 valence electrons. The zero-order chi connectivity index (χ0) is 21.4. The van der Waals surface area contributed by atoms with Crippen LogP contribution in [0.5, 0.6) is 0 Å². The molecule has 1 aromatic heterocycles. The van der Waals surface area contributed by atoms with Crippen LogP contribution in [0.25, 0.3) is 5.69 Å². The van der Waals surface area contributed by atoms with E-state index >= 15 is 0 Å². The van der Waals surface area contributed by atoms with E-state index in [1.54, 1.807) is 18.0 Å². The van der Waals surface area contributed by atoms with Crippen molar-refractivity contribution in [3.05, 3.63) is 71.0 Å². The first-order valence-electron chi connectivity index (χ1n) is 9.82. The van der Waals surface area contributed by atoms with Gasteiger partial charge in [0.25, 0.3) is 5.91 Å². The molecule has 0 saturated heterocycles. The first-order valence-corrected chi connectivity index (χ1v) is 10.7. The molecule has 0 aliphatic carbocycles. The molecule has 1 atom stereocenters. The molecule has 0 fully saturated rings. The molecule has 2 aromatic carbocycles. The molecule has 30 heavy (non-hydrogen) atoms. The Bertz CT molecular complexity index is 1120. The number of rotatable bonds is 4. The first kappa shape index (κ1) is 20.2.